The standard InChI is InChI=1S/C10H13ClN2.ClH/c11-9-6-13-4-3-8(9)10(12)5-7-1-2-7;/h3-4,6-7,10H,1-2,5,12H2;1H/t10-;/m0./s1. The number of hydrogen-bond acceptors (Lipinski definition) is 2. The maximum absolute atomic E-state index is 6.02. The van der Waals surface area contributed by atoms with Gasteiger partial charge in [0.2, 0.25) is 0 Å². The highest BCUT2D eigenvalue weighted by molar-refractivity contribution is 6.31. The Kier molecular flexibility index (Phi) is 4.17. The molecule has 1 aliphatic carbocycles. The smallest absolute Gasteiger partial charge is 0.0637 e. The molecule has 4 heteroatoms. The third kappa shape index (κ3) is 2.84. The van der Waals surface area contributed by atoms with E-state index in [1.807, 2.05) is 6.07 Å². The van der Waals surface area contributed by atoms with E-state index in [-0.39, 0.29) is 18.4 Å². The van der Waals surface area contributed by atoms with Gasteiger partial charge in [-0.25, -0.2) is 0 Å². The molecule has 0 saturated heterocycles. The number of hydrogen-bond donors (Lipinski definition) is 1. The van der Waals surface area contributed by atoms with Crippen LogP contribution in [0.1, 0.15) is 30.9 Å². The molecule has 1 aromatic rings. The van der Waals surface area contributed by atoms with Crippen LogP contribution in [0.25, 0.3) is 0 Å². The van der Waals surface area contributed by atoms with Crippen LogP contribution in [0, 0.1) is 5.92 Å². The van der Waals surface area contributed by atoms with E-state index in [4.69, 9.17) is 17.3 Å². The van der Waals surface area contributed by atoms with Crippen LogP contribution in [0.3, 0.4) is 0 Å². The average molecular weight is 233 g/mol. The van der Waals surface area contributed by atoms with Crippen LogP contribution in [0.2, 0.25) is 5.02 Å². The van der Waals surface area contributed by atoms with Crippen molar-refractivity contribution < 1.29 is 0 Å². The highest BCUT2D eigenvalue weighted by Crippen LogP contribution is 2.37. The summed E-state index contributed by atoms with van der Waals surface area (Å²) in [4.78, 5) is 3.93. The lowest BCUT2D eigenvalue weighted by molar-refractivity contribution is 0.596. The van der Waals surface area contributed by atoms with Crippen molar-refractivity contribution in [1.29, 1.82) is 0 Å². The molecular formula is C10H14Cl2N2. The molecule has 0 unspecified atom stereocenters. The average Bonchev–Trinajstić information content (AvgIpc) is 2.89. The van der Waals surface area contributed by atoms with Crippen LogP contribution in [-0.4, -0.2) is 4.98 Å². The molecule has 14 heavy (non-hydrogen) atoms. The molecule has 1 atom stereocenters. The quantitative estimate of drug-likeness (QED) is 0.871. The van der Waals surface area contributed by atoms with Crippen molar-refractivity contribution in [1.82, 2.24) is 4.98 Å². The number of aromatic nitrogens is 1. The van der Waals surface area contributed by atoms with Gasteiger partial charge >= 0.3 is 0 Å². The Hall–Kier alpha value is -0.310. The molecule has 0 radical (unpaired) electrons. The molecule has 2 N–H and O–H groups in total. The van der Waals surface area contributed by atoms with Gasteiger partial charge in [0, 0.05) is 18.4 Å². The first-order chi connectivity index (χ1) is 6.27. The summed E-state index contributed by atoms with van der Waals surface area (Å²) in [6.45, 7) is 0. The SMILES string of the molecule is Cl.N[C@@H](CC1CC1)c1ccncc1Cl. The molecular weight excluding hydrogens is 219 g/mol. The summed E-state index contributed by atoms with van der Waals surface area (Å²) in [5, 5.41) is 0.690. The van der Waals surface area contributed by atoms with Gasteiger partial charge in [0.05, 0.1) is 5.02 Å². The topological polar surface area (TPSA) is 38.9 Å². The van der Waals surface area contributed by atoms with Gasteiger partial charge in [-0.15, -0.1) is 12.4 Å². The second kappa shape index (κ2) is 4.96. The van der Waals surface area contributed by atoms with Crippen LogP contribution in [0.4, 0.5) is 0 Å². The van der Waals surface area contributed by atoms with Crippen molar-refractivity contribution in [3.05, 3.63) is 29.0 Å². The van der Waals surface area contributed by atoms with Gasteiger partial charge in [-0.3, -0.25) is 4.98 Å². The number of nitrogens with zero attached hydrogens (tertiary/aromatic N) is 1. The van der Waals surface area contributed by atoms with E-state index in [1.165, 1.54) is 12.8 Å². The fourth-order valence-electron chi connectivity index (χ4n) is 1.53. The van der Waals surface area contributed by atoms with Crippen molar-refractivity contribution in [2.45, 2.75) is 25.3 Å². The molecule has 1 aromatic heterocycles. The minimum absolute atomic E-state index is 0. The van der Waals surface area contributed by atoms with E-state index in [9.17, 15) is 0 Å². The van der Waals surface area contributed by atoms with Crippen LogP contribution < -0.4 is 5.73 Å². The maximum atomic E-state index is 6.02. The largest absolute Gasteiger partial charge is 0.324 e. The third-order valence-electron chi connectivity index (χ3n) is 2.49. The van der Waals surface area contributed by atoms with E-state index in [2.05, 4.69) is 4.98 Å². The fourth-order valence-corrected chi connectivity index (χ4v) is 1.79. The minimum atomic E-state index is 0. The Morgan fingerprint density at radius 1 is 1.57 bits per heavy atom. The molecule has 2 rings (SSSR count). The Morgan fingerprint density at radius 2 is 2.29 bits per heavy atom. The summed E-state index contributed by atoms with van der Waals surface area (Å²) in [5.41, 5.74) is 7.06. The molecule has 0 bridgehead atoms. The second-order valence-corrected chi connectivity index (χ2v) is 4.09. The zero-order chi connectivity index (χ0) is 9.26. The molecule has 1 aliphatic rings. The summed E-state index contributed by atoms with van der Waals surface area (Å²) in [6, 6.07) is 2.00. The lowest BCUT2D eigenvalue weighted by Gasteiger charge is -2.12. The van der Waals surface area contributed by atoms with Gasteiger partial charge < -0.3 is 5.73 Å². The van der Waals surface area contributed by atoms with Crippen LogP contribution in [0.5, 0.6) is 0 Å². The van der Waals surface area contributed by atoms with Crippen LogP contribution >= 0.6 is 24.0 Å². The summed E-state index contributed by atoms with van der Waals surface area (Å²) in [7, 11) is 0. The zero-order valence-electron chi connectivity index (χ0n) is 7.82. The molecule has 2 nitrogen and oxygen atoms in total. The Morgan fingerprint density at radius 3 is 2.86 bits per heavy atom. The van der Waals surface area contributed by atoms with E-state index < -0.39 is 0 Å². The lowest BCUT2D eigenvalue weighted by Crippen LogP contribution is -2.11. The molecule has 1 fully saturated rings. The predicted molar refractivity (Wildman–Crippen MR) is 60.8 cm³/mol. The number of nitrogens with two attached hydrogens (primary N) is 1. The number of halogens is 2. The summed E-state index contributed by atoms with van der Waals surface area (Å²) in [5.74, 6) is 0.833. The van der Waals surface area contributed by atoms with Gasteiger partial charge in [-0.1, -0.05) is 24.4 Å². The first-order valence-electron chi connectivity index (χ1n) is 4.62. The highest BCUT2D eigenvalue weighted by atomic mass is 35.5. The van der Waals surface area contributed by atoms with E-state index in [1.54, 1.807) is 12.4 Å². The number of pyridine rings is 1. The number of rotatable bonds is 3. The Bertz CT molecular complexity index is 300. The summed E-state index contributed by atoms with van der Waals surface area (Å²) in [6.07, 6.45) is 7.12. The molecule has 78 valence electrons. The summed E-state index contributed by atoms with van der Waals surface area (Å²) < 4.78 is 0. The molecule has 0 aliphatic heterocycles. The van der Waals surface area contributed by atoms with Gasteiger partial charge in [-0.2, -0.15) is 0 Å². The van der Waals surface area contributed by atoms with E-state index >= 15 is 0 Å². The fraction of sp³-hybridized carbons (Fsp3) is 0.500. The molecule has 0 amide bonds. The van der Waals surface area contributed by atoms with Gasteiger partial charge in [0.1, 0.15) is 0 Å². The van der Waals surface area contributed by atoms with Crippen molar-refractivity contribution >= 4 is 24.0 Å². The Balaban J connectivity index is 0.000000980. The van der Waals surface area contributed by atoms with Gasteiger partial charge in [0.25, 0.3) is 0 Å². The van der Waals surface area contributed by atoms with Gasteiger partial charge in [-0.05, 0) is 24.0 Å². The zero-order valence-corrected chi connectivity index (χ0v) is 9.39. The predicted octanol–water partition coefficient (Wildman–Crippen LogP) is 2.96. The monoisotopic (exact) mass is 232 g/mol. The summed E-state index contributed by atoms with van der Waals surface area (Å²) >= 11 is 5.98. The van der Waals surface area contributed by atoms with Crippen molar-refractivity contribution in [3.8, 4) is 0 Å². The Labute approximate surface area is 95.3 Å². The van der Waals surface area contributed by atoms with Crippen molar-refractivity contribution in [2.75, 3.05) is 0 Å². The van der Waals surface area contributed by atoms with Crippen molar-refractivity contribution in [3.63, 3.8) is 0 Å². The molecule has 1 saturated carbocycles. The molecule has 1 heterocycles. The third-order valence-corrected chi connectivity index (χ3v) is 2.80. The first kappa shape index (κ1) is 11.8. The van der Waals surface area contributed by atoms with E-state index in [0.717, 1.165) is 17.9 Å². The molecule has 0 aromatic carbocycles. The van der Waals surface area contributed by atoms with E-state index in [0.29, 0.717) is 5.02 Å². The molecule has 0 spiro atoms. The maximum Gasteiger partial charge on any atom is 0.0637 e. The van der Waals surface area contributed by atoms with Gasteiger partial charge in [0.15, 0.2) is 0 Å². The lowest BCUT2D eigenvalue weighted by atomic mass is 10.0. The van der Waals surface area contributed by atoms with Crippen LogP contribution in [0.15, 0.2) is 18.5 Å². The minimum Gasteiger partial charge on any atom is -0.324 e. The van der Waals surface area contributed by atoms with Crippen molar-refractivity contribution in [2.24, 2.45) is 11.7 Å². The van der Waals surface area contributed by atoms with Crippen LogP contribution in [-0.2, 0) is 0 Å². The second-order valence-electron chi connectivity index (χ2n) is 3.68. The normalized spacial score (nSPS) is 17.3. The first-order valence-corrected chi connectivity index (χ1v) is 5.00. The highest BCUT2D eigenvalue weighted by Gasteiger charge is 2.25.